The first-order chi connectivity index (χ1) is 10.7. The van der Waals surface area contributed by atoms with Gasteiger partial charge in [-0.25, -0.2) is 4.39 Å². The molecular formula is C17H28FIN4. The van der Waals surface area contributed by atoms with Crippen LogP contribution in [0.5, 0.6) is 0 Å². The highest BCUT2D eigenvalue weighted by molar-refractivity contribution is 14.0. The minimum Gasteiger partial charge on any atom is -0.356 e. The largest absolute Gasteiger partial charge is 0.356 e. The Balaban J connectivity index is 0.00000264. The molecule has 6 heteroatoms. The Morgan fingerprint density at radius 2 is 1.96 bits per heavy atom. The quantitative estimate of drug-likeness (QED) is 0.425. The van der Waals surface area contributed by atoms with Gasteiger partial charge in [-0.1, -0.05) is 18.2 Å². The van der Waals surface area contributed by atoms with Gasteiger partial charge >= 0.3 is 0 Å². The SMILES string of the molecule is CN=C(NCCc1ccccc1F)NCC1CCN(C)CC1.I. The van der Waals surface area contributed by atoms with Gasteiger partial charge in [0.2, 0.25) is 0 Å². The minimum atomic E-state index is -0.140. The highest BCUT2D eigenvalue weighted by atomic mass is 127. The molecule has 1 aliphatic rings. The molecule has 130 valence electrons. The summed E-state index contributed by atoms with van der Waals surface area (Å²) in [5.74, 6) is 1.37. The molecule has 0 amide bonds. The molecule has 1 saturated heterocycles. The van der Waals surface area contributed by atoms with Crippen molar-refractivity contribution in [3.8, 4) is 0 Å². The Kier molecular flexibility index (Phi) is 9.47. The third-order valence-electron chi connectivity index (χ3n) is 4.26. The molecule has 0 unspecified atom stereocenters. The van der Waals surface area contributed by atoms with Crippen LogP contribution in [0.4, 0.5) is 4.39 Å². The summed E-state index contributed by atoms with van der Waals surface area (Å²) in [5, 5.41) is 6.64. The lowest BCUT2D eigenvalue weighted by atomic mass is 9.97. The third-order valence-corrected chi connectivity index (χ3v) is 4.26. The number of aliphatic imine (C=N–C) groups is 1. The second-order valence-electron chi connectivity index (χ2n) is 5.97. The Labute approximate surface area is 156 Å². The average Bonchev–Trinajstić information content (AvgIpc) is 2.54. The number of guanidine groups is 1. The molecule has 0 aromatic heterocycles. The van der Waals surface area contributed by atoms with Crippen molar-refractivity contribution in [3.05, 3.63) is 35.6 Å². The van der Waals surface area contributed by atoms with Crippen molar-refractivity contribution in [1.29, 1.82) is 0 Å². The van der Waals surface area contributed by atoms with E-state index in [1.165, 1.54) is 32.0 Å². The van der Waals surface area contributed by atoms with Gasteiger partial charge in [0.1, 0.15) is 5.82 Å². The molecule has 0 saturated carbocycles. The molecule has 1 aromatic carbocycles. The van der Waals surface area contributed by atoms with Gasteiger partial charge in [0.15, 0.2) is 5.96 Å². The van der Waals surface area contributed by atoms with Crippen LogP contribution in [0, 0.1) is 11.7 Å². The Hall–Kier alpha value is -0.890. The summed E-state index contributed by atoms with van der Waals surface area (Å²) in [6.45, 7) is 3.97. The zero-order chi connectivity index (χ0) is 15.8. The zero-order valence-electron chi connectivity index (χ0n) is 14.0. The Morgan fingerprint density at radius 1 is 1.26 bits per heavy atom. The summed E-state index contributed by atoms with van der Waals surface area (Å²) in [5.41, 5.74) is 0.737. The van der Waals surface area contributed by atoms with Gasteiger partial charge in [-0.2, -0.15) is 0 Å². The van der Waals surface area contributed by atoms with Crippen LogP contribution < -0.4 is 10.6 Å². The van der Waals surface area contributed by atoms with Crippen LogP contribution in [-0.4, -0.2) is 51.1 Å². The first-order valence-electron chi connectivity index (χ1n) is 8.05. The van der Waals surface area contributed by atoms with Gasteiger partial charge in [-0.05, 0) is 56.9 Å². The van der Waals surface area contributed by atoms with Crippen molar-refractivity contribution < 1.29 is 4.39 Å². The van der Waals surface area contributed by atoms with Crippen LogP contribution in [0.25, 0.3) is 0 Å². The van der Waals surface area contributed by atoms with Gasteiger partial charge in [0.25, 0.3) is 0 Å². The number of halogens is 2. The zero-order valence-corrected chi connectivity index (χ0v) is 16.3. The molecule has 23 heavy (non-hydrogen) atoms. The number of benzene rings is 1. The van der Waals surface area contributed by atoms with Crippen LogP contribution in [0.2, 0.25) is 0 Å². The number of likely N-dealkylation sites (tertiary alicyclic amines) is 1. The van der Waals surface area contributed by atoms with Crippen LogP contribution in [-0.2, 0) is 6.42 Å². The second kappa shape index (κ2) is 10.8. The molecule has 1 aromatic rings. The van der Waals surface area contributed by atoms with Crippen LogP contribution in [0.15, 0.2) is 29.3 Å². The van der Waals surface area contributed by atoms with Crippen molar-refractivity contribution in [2.45, 2.75) is 19.3 Å². The van der Waals surface area contributed by atoms with Crippen molar-refractivity contribution in [1.82, 2.24) is 15.5 Å². The van der Waals surface area contributed by atoms with Crippen molar-refractivity contribution in [3.63, 3.8) is 0 Å². The lowest BCUT2D eigenvalue weighted by molar-refractivity contribution is 0.220. The second-order valence-corrected chi connectivity index (χ2v) is 5.97. The van der Waals surface area contributed by atoms with E-state index in [9.17, 15) is 4.39 Å². The maximum Gasteiger partial charge on any atom is 0.190 e. The first kappa shape index (κ1) is 20.2. The number of nitrogens with one attached hydrogen (secondary N) is 2. The van der Waals surface area contributed by atoms with Crippen LogP contribution >= 0.6 is 24.0 Å². The summed E-state index contributed by atoms with van der Waals surface area (Å²) in [4.78, 5) is 6.60. The molecule has 4 nitrogen and oxygen atoms in total. The predicted molar refractivity (Wildman–Crippen MR) is 105 cm³/mol. The molecule has 0 spiro atoms. The molecule has 0 atom stereocenters. The molecule has 2 N–H and O–H groups in total. The lowest BCUT2D eigenvalue weighted by Gasteiger charge is -2.29. The number of nitrogens with zero attached hydrogens (tertiary/aromatic N) is 2. The number of hydrogen-bond acceptors (Lipinski definition) is 2. The summed E-state index contributed by atoms with van der Waals surface area (Å²) < 4.78 is 13.5. The van der Waals surface area contributed by atoms with E-state index >= 15 is 0 Å². The van der Waals surface area contributed by atoms with E-state index in [0.29, 0.717) is 18.9 Å². The monoisotopic (exact) mass is 434 g/mol. The average molecular weight is 434 g/mol. The first-order valence-corrected chi connectivity index (χ1v) is 8.05. The topological polar surface area (TPSA) is 39.7 Å². The van der Waals surface area contributed by atoms with E-state index < -0.39 is 0 Å². The lowest BCUT2D eigenvalue weighted by Crippen LogP contribution is -2.42. The minimum absolute atomic E-state index is 0. The summed E-state index contributed by atoms with van der Waals surface area (Å²) in [6, 6.07) is 6.91. The predicted octanol–water partition coefficient (Wildman–Crippen LogP) is 2.49. The van der Waals surface area contributed by atoms with Gasteiger partial charge in [-0.15, -0.1) is 24.0 Å². The molecular weight excluding hydrogens is 406 g/mol. The summed E-state index contributed by atoms with van der Waals surface area (Å²) in [7, 11) is 3.94. The maximum absolute atomic E-state index is 13.5. The van der Waals surface area contributed by atoms with E-state index in [2.05, 4.69) is 27.6 Å². The van der Waals surface area contributed by atoms with Gasteiger partial charge in [0, 0.05) is 20.1 Å². The van der Waals surface area contributed by atoms with E-state index in [1.807, 2.05) is 12.1 Å². The fourth-order valence-electron chi connectivity index (χ4n) is 2.74. The van der Waals surface area contributed by atoms with Gasteiger partial charge in [-0.3, -0.25) is 4.99 Å². The van der Waals surface area contributed by atoms with Gasteiger partial charge in [0.05, 0.1) is 0 Å². The molecule has 0 bridgehead atoms. The van der Waals surface area contributed by atoms with Crippen molar-refractivity contribution in [2.75, 3.05) is 40.3 Å². The normalized spacial score (nSPS) is 16.7. The maximum atomic E-state index is 13.5. The van der Waals surface area contributed by atoms with E-state index in [1.54, 1.807) is 13.1 Å². The highest BCUT2D eigenvalue weighted by Gasteiger charge is 2.16. The number of piperidine rings is 1. The Morgan fingerprint density at radius 3 is 2.61 bits per heavy atom. The van der Waals surface area contributed by atoms with Gasteiger partial charge < -0.3 is 15.5 Å². The number of rotatable bonds is 5. The standard InChI is InChI=1S/C17H27FN4.HI/c1-19-17(21-13-14-8-11-22(2)12-9-14)20-10-7-15-5-3-4-6-16(15)18;/h3-6,14H,7-13H2,1-2H3,(H2,19,20,21);1H. The van der Waals surface area contributed by atoms with E-state index in [-0.39, 0.29) is 29.8 Å². The highest BCUT2D eigenvalue weighted by Crippen LogP contribution is 2.14. The fourth-order valence-corrected chi connectivity index (χ4v) is 2.74. The molecule has 1 aliphatic heterocycles. The molecule has 0 aliphatic carbocycles. The summed E-state index contributed by atoms with van der Waals surface area (Å²) >= 11 is 0. The molecule has 1 fully saturated rings. The van der Waals surface area contributed by atoms with Crippen molar-refractivity contribution in [2.24, 2.45) is 10.9 Å². The number of hydrogen-bond donors (Lipinski definition) is 2. The smallest absolute Gasteiger partial charge is 0.190 e. The van der Waals surface area contributed by atoms with Crippen LogP contribution in [0.3, 0.4) is 0 Å². The third kappa shape index (κ3) is 7.03. The van der Waals surface area contributed by atoms with Crippen molar-refractivity contribution >= 4 is 29.9 Å². The molecule has 0 radical (unpaired) electrons. The summed E-state index contributed by atoms with van der Waals surface area (Å²) in [6.07, 6.45) is 3.12. The van der Waals surface area contributed by atoms with E-state index in [4.69, 9.17) is 0 Å². The Bertz CT molecular complexity index is 487. The molecule has 1 heterocycles. The van der Waals surface area contributed by atoms with Crippen LogP contribution in [0.1, 0.15) is 18.4 Å². The fraction of sp³-hybridized carbons (Fsp3) is 0.588. The van der Waals surface area contributed by atoms with E-state index in [0.717, 1.165) is 18.1 Å². The molecule has 2 rings (SSSR count).